The Balaban J connectivity index is 1.59. The molecule has 4 rings (SSSR count). The zero-order valence-corrected chi connectivity index (χ0v) is 20.5. The summed E-state index contributed by atoms with van der Waals surface area (Å²) in [6, 6.07) is 13.4. The third-order valence-electron chi connectivity index (χ3n) is 6.49. The minimum absolute atomic E-state index is 0.0587. The van der Waals surface area contributed by atoms with Crippen LogP contribution in [0, 0.1) is 6.92 Å². The van der Waals surface area contributed by atoms with Crippen LogP contribution < -0.4 is 5.32 Å². The van der Waals surface area contributed by atoms with Gasteiger partial charge in [-0.05, 0) is 50.6 Å². The van der Waals surface area contributed by atoms with Crippen LogP contribution in [0.1, 0.15) is 53.0 Å². The first kappa shape index (κ1) is 24.2. The van der Waals surface area contributed by atoms with E-state index in [1.165, 1.54) is 0 Å². The summed E-state index contributed by atoms with van der Waals surface area (Å²) in [5.41, 5.74) is 0.972. The van der Waals surface area contributed by atoms with Crippen molar-refractivity contribution in [1.82, 2.24) is 15.1 Å². The average Bonchev–Trinajstić information content (AvgIpc) is 3.17. The molecular formula is C26H30ClN3O4. The van der Waals surface area contributed by atoms with Gasteiger partial charge in [-0.25, -0.2) is 0 Å². The van der Waals surface area contributed by atoms with Gasteiger partial charge in [-0.2, -0.15) is 0 Å². The molecular weight excluding hydrogens is 454 g/mol. The van der Waals surface area contributed by atoms with Crippen molar-refractivity contribution in [3.63, 3.8) is 0 Å². The third kappa shape index (κ3) is 4.68. The Bertz CT molecular complexity index is 1090. The van der Waals surface area contributed by atoms with E-state index in [2.05, 4.69) is 5.32 Å². The normalized spacial score (nSPS) is 19.5. The molecule has 2 aliphatic heterocycles. The van der Waals surface area contributed by atoms with Gasteiger partial charge >= 0.3 is 0 Å². The summed E-state index contributed by atoms with van der Waals surface area (Å²) >= 11 is 6.06. The highest BCUT2D eigenvalue weighted by Gasteiger charge is 2.54. The second-order valence-corrected chi connectivity index (χ2v) is 9.67. The number of piperidine rings is 1. The lowest BCUT2D eigenvalue weighted by molar-refractivity contribution is -0.128. The number of rotatable bonds is 4. The van der Waals surface area contributed by atoms with Crippen molar-refractivity contribution in [2.75, 3.05) is 19.7 Å². The highest BCUT2D eigenvalue weighted by atomic mass is 35.5. The first-order valence-electron chi connectivity index (χ1n) is 11.6. The Kier molecular flexibility index (Phi) is 6.96. The maximum absolute atomic E-state index is 13.8. The second-order valence-electron chi connectivity index (χ2n) is 9.23. The number of carbonyl (C=O) groups is 3. The van der Waals surface area contributed by atoms with Crippen molar-refractivity contribution in [3.8, 4) is 0 Å². The van der Waals surface area contributed by atoms with Crippen LogP contribution in [0.5, 0.6) is 0 Å². The lowest BCUT2D eigenvalue weighted by Gasteiger charge is -2.44. The quantitative estimate of drug-likeness (QED) is 0.720. The van der Waals surface area contributed by atoms with E-state index in [-0.39, 0.29) is 30.4 Å². The molecule has 0 radical (unpaired) electrons. The van der Waals surface area contributed by atoms with E-state index >= 15 is 0 Å². The van der Waals surface area contributed by atoms with E-state index in [0.717, 1.165) is 5.56 Å². The second kappa shape index (κ2) is 9.76. The van der Waals surface area contributed by atoms with E-state index in [1.54, 1.807) is 40.1 Å². The zero-order chi connectivity index (χ0) is 24.5. The summed E-state index contributed by atoms with van der Waals surface area (Å²) in [6.45, 7) is 6.58. The molecule has 2 fully saturated rings. The molecule has 2 aromatic rings. The SMILES string of the molecule is Cc1ccccc1C(=O)N1C(C(=O)NC(C)C)COC12CCN(C(=O)c1cccc(Cl)c1)CC2. The number of hydrogen-bond donors (Lipinski definition) is 1. The maximum Gasteiger partial charge on any atom is 0.257 e. The number of hydrogen-bond acceptors (Lipinski definition) is 4. The highest BCUT2D eigenvalue weighted by Crippen LogP contribution is 2.39. The number of halogens is 1. The van der Waals surface area contributed by atoms with E-state index in [0.29, 0.717) is 42.1 Å². The molecule has 2 saturated heterocycles. The molecule has 2 heterocycles. The van der Waals surface area contributed by atoms with Crippen LogP contribution in [0.15, 0.2) is 48.5 Å². The summed E-state index contributed by atoms with van der Waals surface area (Å²) < 4.78 is 6.23. The van der Waals surface area contributed by atoms with Crippen molar-refractivity contribution in [2.45, 2.75) is 51.4 Å². The van der Waals surface area contributed by atoms with E-state index < -0.39 is 11.8 Å². The Morgan fingerprint density at radius 3 is 2.41 bits per heavy atom. The first-order chi connectivity index (χ1) is 16.2. The van der Waals surface area contributed by atoms with Gasteiger partial charge in [-0.3, -0.25) is 19.3 Å². The molecule has 8 heteroatoms. The smallest absolute Gasteiger partial charge is 0.257 e. The fraction of sp³-hybridized carbons (Fsp3) is 0.423. The van der Waals surface area contributed by atoms with Gasteiger partial charge in [0.25, 0.3) is 11.8 Å². The summed E-state index contributed by atoms with van der Waals surface area (Å²) in [6.07, 6.45) is 0.838. The van der Waals surface area contributed by atoms with Crippen LogP contribution in [0.25, 0.3) is 0 Å². The molecule has 1 N–H and O–H groups in total. The number of likely N-dealkylation sites (tertiary alicyclic amines) is 1. The number of nitrogens with zero attached hydrogens (tertiary/aromatic N) is 2. The Labute approximate surface area is 205 Å². The van der Waals surface area contributed by atoms with Gasteiger partial charge in [-0.15, -0.1) is 0 Å². The van der Waals surface area contributed by atoms with Crippen molar-refractivity contribution >= 4 is 29.3 Å². The molecule has 0 bridgehead atoms. The molecule has 7 nitrogen and oxygen atoms in total. The van der Waals surface area contributed by atoms with Crippen molar-refractivity contribution in [1.29, 1.82) is 0 Å². The molecule has 34 heavy (non-hydrogen) atoms. The minimum atomic E-state index is -0.941. The van der Waals surface area contributed by atoms with Gasteiger partial charge in [-0.1, -0.05) is 35.9 Å². The van der Waals surface area contributed by atoms with Crippen molar-refractivity contribution in [3.05, 3.63) is 70.2 Å². The molecule has 0 aliphatic carbocycles. The molecule has 0 aromatic heterocycles. The molecule has 2 aliphatic rings. The molecule has 0 saturated carbocycles. The lowest BCUT2D eigenvalue weighted by Crippen LogP contribution is -2.60. The molecule has 1 spiro atoms. The molecule has 2 aromatic carbocycles. The number of ether oxygens (including phenoxy) is 1. The molecule has 1 atom stereocenters. The predicted molar refractivity (Wildman–Crippen MR) is 130 cm³/mol. The molecule has 3 amide bonds. The summed E-state index contributed by atoms with van der Waals surface area (Å²) in [5.74, 6) is -0.568. The van der Waals surface area contributed by atoms with Gasteiger partial charge < -0.3 is 15.0 Å². The van der Waals surface area contributed by atoms with Crippen LogP contribution in [0.2, 0.25) is 5.02 Å². The molecule has 180 valence electrons. The number of benzene rings is 2. The highest BCUT2D eigenvalue weighted by molar-refractivity contribution is 6.30. The van der Waals surface area contributed by atoms with Crippen LogP contribution in [-0.4, -0.2) is 65.0 Å². The Morgan fingerprint density at radius 2 is 1.76 bits per heavy atom. The summed E-state index contributed by atoms with van der Waals surface area (Å²) in [7, 11) is 0. The van der Waals surface area contributed by atoms with E-state index in [9.17, 15) is 14.4 Å². The number of nitrogens with one attached hydrogen (secondary N) is 1. The standard InChI is InChI=1S/C26H30ClN3O4/c1-17(2)28-23(31)22-16-34-26(30(22)25(33)21-10-5-4-7-18(21)3)11-13-29(14-12-26)24(32)19-8-6-9-20(27)15-19/h4-10,15,17,22H,11-14,16H2,1-3H3,(H,28,31). The summed E-state index contributed by atoms with van der Waals surface area (Å²) in [5, 5.41) is 3.43. The third-order valence-corrected chi connectivity index (χ3v) is 6.73. The molecule has 1 unspecified atom stereocenters. The maximum atomic E-state index is 13.8. The van der Waals surface area contributed by atoms with Crippen molar-refractivity contribution < 1.29 is 19.1 Å². The van der Waals surface area contributed by atoms with Crippen LogP contribution in [0.4, 0.5) is 0 Å². The fourth-order valence-corrected chi connectivity index (χ4v) is 4.94. The van der Waals surface area contributed by atoms with Gasteiger partial charge in [0.2, 0.25) is 5.91 Å². The zero-order valence-electron chi connectivity index (χ0n) is 19.7. The monoisotopic (exact) mass is 483 g/mol. The lowest BCUT2D eigenvalue weighted by atomic mass is 9.95. The minimum Gasteiger partial charge on any atom is -0.353 e. The summed E-state index contributed by atoms with van der Waals surface area (Å²) in [4.78, 5) is 43.2. The van der Waals surface area contributed by atoms with Gasteiger partial charge in [0.15, 0.2) is 0 Å². The van der Waals surface area contributed by atoms with Crippen LogP contribution in [-0.2, 0) is 9.53 Å². The fourth-order valence-electron chi connectivity index (χ4n) is 4.75. The van der Waals surface area contributed by atoms with E-state index in [1.807, 2.05) is 39.0 Å². The van der Waals surface area contributed by atoms with Gasteiger partial charge in [0.1, 0.15) is 11.8 Å². The van der Waals surface area contributed by atoms with Crippen molar-refractivity contribution in [2.24, 2.45) is 0 Å². The topological polar surface area (TPSA) is 79.0 Å². The van der Waals surface area contributed by atoms with Gasteiger partial charge in [0.05, 0.1) is 6.61 Å². The number of amides is 3. The predicted octanol–water partition coefficient (Wildman–Crippen LogP) is 3.65. The number of carbonyl (C=O) groups excluding carboxylic acids is 3. The van der Waals surface area contributed by atoms with Gasteiger partial charge in [0, 0.05) is 48.1 Å². The first-order valence-corrected chi connectivity index (χ1v) is 12.0. The Morgan fingerprint density at radius 1 is 1.06 bits per heavy atom. The van der Waals surface area contributed by atoms with Crippen LogP contribution in [0.3, 0.4) is 0 Å². The number of aryl methyl sites for hydroxylation is 1. The Hall–Kier alpha value is -2.90. The average molecular weight is 484 g/mol. The van der Waals surface area contributed by atoms with Crippen LogP contribution >= 0.6 is 11.6 Å². The largest absolute Gasteiger partial charge is 0.353 e. The van der Waals surface area contributed by atoms with E-state index in [4.69, 9.17) is 16.3 Å².